The lowest BCUT2D eigenvalue weighted by atomic mass is 9.85. The molecule has 0 heterocycles. The van der Waals surface area contributed by atoms with Crippen molar-refractivity contribution in [2.45, 2.75) is 32.5 Å². The molecule has 18 heavy (non-hydrogen) atoms. The molecule has 0 radical (unpaired) electrons. The number of ether oxygens (including phenoxy) is 2. The minimum absolute atomic E-state index is 0.241. The van der Waals surface area contributed by atoms with Crippen LogP contribution in [0.15, 0.2) is 16.6 Å². The van der Waals surface area contributed by atoms with Crippen LogP contribution in [0.3, 0.4) is 0 Å². The molecule has 0 aromatic heterocycles. The van der Waals surface area contributed by atoms with Crippen LogP contribution in [0.2, 0.25) is 0 Å². The predicted octanol–water partition coefficient (Wildman–Crippen LogP) is 4.65. The smallest absolute Gasteiger partial charge is 0.495 e. The SMILES string of the molecule is COc1c(Br)ccc(OC(F)(F)F)c1C(C)(C)C. The van der Waals surface area contributed by atoms with Crippen LogP contribution in [0.1, 0.15) is 26.3 Å². The van der Waals surface area contributed by atoms with Gasteiger partial charge < -0.3 is 9.47 Å². The fourth-order valence-electron chi connectivity index (χ4n) is 1.66. The Kier molecular flexibility index (Phi) is 4.20. The molecule has 0 aliphatic carbocycles. The van der Waals surface area contributed by atoms with Gasteiger partial charge in [0.25, 0.3) is 0 Å². The lowest BCUT2D eigenvalue weighted by molar-refractivity contribution is -0.275. The third-order valence-corrected chi connectivity index (χ3v) is 2.88. The highest BCUT2D eigenvalue weighted by molar-refractivity contribution is 9.10. The van der Waals surface area contributed by atoms with Crippen LogP contribution in [-0.4, -0.2) is 13.5 Å². The first kappa shape index (κ1) is 15.1. The number of methoxy groups -OCH3 is 1. The van der Waals surface area contributed by atoms with Crippen LogP contribution in [-0.2, 0) is 5.41 Å². The highest BCUT2D eigenvalue weighted by Crippen LogP contribution is 2.44. The zero-order chi connectivity index (χ0) is 14.1. The highest BCUT2D eigenvalue weighted by Gasteiger charge is 2.35. The van der Waals surface area contributed by atoms with Gasteiger partial charge in [0.05, 0.1) is 11.6 Å². The van der Waals surface area contributed by atoms with E-state index in [1.54, 1.807) is 20.8 Å². The van der Waals surface area contributed by atoms with Gasteiger partial charge in [-0.1, -0.05) is 20.8 Å². The van der Waals surface area contributed by atoms with Crippen molar-refractivity contribution in [3.05, 3.63) is 22.2 Å². The van der Waals surface area contributed by atoms with E-state index < -0.39 is 11.8 Å². The van der Waals surface area contributed by atoms with Crippen LogP contribution in [0.5, 0.6) is 11.5 Å². The quantitative estimate of drug-likeness (QED) is 0.787. The Morgan fingerprint density at radius 3 is 2.06 bits per heavy atom. The van der Waals surface area contributed by atoms with Crippen LogP contribution in [0.25, 0.3) is 0 Å². The number of benzene rings is 1. The highest BCUT2D eigenvalue weighted by atomic mass is 79.9. The third-order valence-electron chi connectivity index (χ3n) is 2.25. The zero-order valence-corrected chi connectivity index (χ0v) is 12.1. The summed E-state index contributed by atoms with van der Waals surface area (Å²) in [6, 6.07) is 2.75. The zero-order valence-electron chi connectivity index (χ0n) is 10.5. The Morgan fingerprint density at radius 2 is 1.67 bits per heavy atom. The maximum absolute atomic E-state index is 12.4. The van der Waals surface area contributed by atoms with Crippen molar-refractivity contribution in [2.24, 2.45) is 0 Å². The largest absolute Gasteiger partial charge is 0.573 e. The lowest BCUT2D eigenvalue weighted by Crippen LogP contribution is -2.22. The van der Waals surface area contributed by atoms with Crippen LogP contribution >= 0.6 is 15.9 Å². The number of hydrogen-bond acceptors (Lipinski definition) is 2. The average Bonchev–Trinajstić information content (AvgIpc) is 2.16. The molecule has 6 heteroatoms. The van der Waals surface area contributed by atoms with E-state index in [-0.39, 0.29) is 5.75 Å². The van der Waals surface area contributed by atoms with Gasteiger partial charge >= 0.3 is 6.36 Å². The molecule has 0 amide bonds. The van der Waals surface area contributed by atoms with Crippen molar-refractivity contribution in [1.29, 1.82) is 0 Å². The maximum Gasteiger partial charge on any atom is 0.573 e. The molecular weight excluding hydrogens is 313 g/mol. The Hall–Kier alpha value is -0.910. The molecule has 0 bridgehead atoms. The Morgan fingerprint density at radius 1 is 1.11 bits per heavy atom. The monoisotopic (exact) mass is 326 g/mol. The van der Waals surface area contributed by atoms with Crippen molar-refractivity contribution in [2.75, 3.05) is 7.11 Å². The van der Waals surface area contributed by atoms with Gasteiger partial charge in [0.15, 0.2) is 0 Å². The average molecular weight is 327 g/mol. The van der Waals surface area contributed by atoms with Gasteiger partial charge in [-0.3, -0.25) is 0 Å². The van der Waals surface area contributed by atoms with E-state index in [2.05, 4.69) is 20.7 Å². The van der Waals surface area contributed by atoms with Crippen LogP contribution < -0.4 is 9.47 Å². The Balaban J connectivity index is 3.43. The van der Waals surface area contributed by atoms with Crippen molar-refractivity contribution in [1.82, 2.24) is 0 Å². The molecule has 1 aromatic carbocycles. The molecule has 1 aromatic rings. The van der Waals surface area contributed by atoms with E-state index in [9.17, 15) is 13.2 Å². The second-order valence-corrected chi connectivity index (χ2v) is 5.61. The predicted molar refractivity (Wildman–Crippen MR) is 66.1 cm³/mol. The summed E-state index contributed by atoms with van der Waals surface area (Å²) in [5.74, 6) is 0.110. The summed E-state index contributed by atoms with van der Waals surface area (Å²) in [4.78, 5) is 0. The molecule has 0 N–H and O–H groups in total. The minimum atomic E-state index is -4.72. The molecule has 0 saturated heterocycles. The van der Waals surface area contributed by atoms with Gasteiger partial charge in [-0.15, -0.1) is 13.2 Å². The minimum Gasteiger partial charge on any atom is -0.495 e. The first-order valence-electron chi connectivity index (χ1n) is 5.19. The molecule has 0 aliphatic heterocycles. The first-order valence-corrected chi connectivity index (χ1v) is 5.98. The molecule has 0 spiro atoms. The summed E-state index contributed by atoms with van der Waals surface area (Å²) in [7, 11) is 1.41. The van der Waals surface area contributed by atoms with Gasteiger partial charge in [-0.25, -0.2) is 0 Å². The van der Waals surface area contributed by atoms with Gasteiger partial charge in [0, 0.05) is 5.56 Å². The lowest BCUT2D eigenvalue weighted by Gasteiger charge is -2.26. The van der Waals surface area contributed by atoms with Crippen LogP contribution in [0, 0.1) is 0 Å². The van der Waals surface area contributed by atoms with Crippen LogP contribution in [0.4, 0.5) is 13.2 Å². The van der Waals surface area contributed by atoms with Gasteiger partial charge in [-0.05, 0) is 33.5 Å². The van der Waals surface area contributed by atoms with Crippen molar-refractivity contribution < 1.29 is 22.6 Å². The first-order chi connectivity index (χ1) is 8.06. The van der Waals surface area contributed by atoms with Crippen molar-refractivity contribution >= 4 is 15.9 Å². The van der Waals surface area contributed by atoms with Gasteiger partial charge in [0.1, 0.15) is 11.5 Å². The normalized spacial score (nSPS) is 12.4. The van der Waals surface area contributed by atoms with E-state index >= 15 is 0 Å². The van der Waals surface area contributed by atoms with E-state index in [0.717, 1.165) is 0 Å². The molecule has 1 rings (SSSR count). The number of hydrogen-bond donors (Lipinski definition) is 0. The Labute approximate surface area is 112 Å². The molecule has 102 valence electrons. The summed E-state index contributed by atoms with van der Waals surface area (Å²) in [5.41, 5.74) is -0.174. The molecule has 0 aliphatic rings. The molecule has 2 nitrogen and oxygen atoms in total. The summed E-state index contributed by atoms with van der Waals surface area (Å²) in [6.07, 6.45) is -4.72. The van der Waals surface area contributed by atoms with Crippen molar-refractivity contribution in [3.63, 3.8) is 0 Å². The summed E-state index contributed by atoms with van der Waals surface area (Å²) < 4.78 is 46.9. The second-order valence-electron chi connectivity index (χ2n) is 4.75. The van der Waals surface area contributed by atoms with Gasteiger partial charge in [0.2, 0.25) is 0 Å². The van der Waals surface area contributed by atoms with E-state index in [1.807, 2.05) is 0 Å². The molecule has 0 unspecified atom stereocenters. The second kappa shape index (κ2) is 4.99. The summed E-state index contributed by atoms with van der Waals surface area (Å²) in [6.45, 7) is 5.38. The number of alkyl halides is 3. The summed E-state index contributed by atoms with van der Waals surface area (Å²) >= 11 is 3.25. The molecule has 0 saturated carbocycles. The fraction of sp³-hybridized carbons (Fsp3) is 0.500. The number of rotatable bonds is 2. The van der Waals surface area contributed by atoms with E-state index in [1.165, 1.54) is 19.2 Å². The Bertz CT molecular complexity index is 436. The van der Waals surface area contributed by atoms with E-state index in [4.69, 9.17) is 4.74 Å². The third kappa shape index (κ3) is 3.54. The molecular formula is C12H14BrF3O2. The fourth-order valence-corrected chi connectivity index (χ4v) is 2.15. The maximum atomic E-state index is 12.4. The molecule has 0 atom stereocenters. The van der Waals surface area contributed by atoms with Gasteiger partial charge in [-0.2, -0.15) is 0 Å². The number of halogens is 4. The van der Waals surface area contributed by atoms with E-state index in [0.29, 0.717) is 15.8 Å². The standard InChI is InChI=1S/C12H14BrF3O2/c1-11(2,3)9-8(18-12(14,15)16)6-5-7(13)10(9)17-4/h5-6H,1-4H3. The summed E-state index contributed by atoms with van der Waals surface area (Å²) in [5, 5.41) is 0. The topological polar surface area (TPSA) is 18.5 Å². The van der Waals surface area contributed by atoms with Crippen molar-refractivity contribution in [3.8, 4) is 11.5 Å². The molecule has 0 fully saturated rings.